The smallest absolute Gasteiger partial charge is 0.341 e. The number of nitrogen functional groups attached to an aromatic ring is 1. The van der Waals surface area contributed by atoms with E-state index >= 15 is 0 Å². The lowest BCUT2D eigenvalue weighted by Crippen LogP contribution is -2.07. The molecule has 0 amide bonds. The average molecular weight is 300 g/mol. The van der Waals surface area contributed by atoms with Crippen molar-refractivity contribution < 1.29 is 14.3 Å². The summed E-state index contributed by atoms with van der Waals surface area (Å²) in [6.45, 7) is 2.04. The molecule has 7 heteroatoms. The molecule has 2 aromatic rings. The maximum Gasteiger partial charge on any atom is 0.341 e. The van der Waals surface area contributed by atoms with Crippen molar-refractivity contribution in [2.75, 3.05) is 12.3 Å². The van der Waals surface area contributed by atoms with Crippen LogP contribution in [0, 0.1) is 0 Å². The number of esters is 1. The Balaban J connectivity index is 1.98. The van der Waals surface area contributed by atoms with Crippen LogP contribution in [0.5, 0.6) is 0 Å². The highest BCUT2D eigenvalue weighted by molar-refractivity contribution is 5.89. The summed E-state index contributed by atoms with van der Waals surface area (Å²) >= 11 is 0. The van der Waals surface area contributed by atoms with Crippen LogP contribution in [0.15, 0.2) is 18.5 Å². The molecule has 0 bridgehead atoms. The largest absolute Gasteiger partial charge is 0.462 e. The third-order valence-corrected chi connectivity index (χ3v) is 3.52. The number of carbonyl (C=O) groups is 2. The van der Waals surface area contributed by atoms with Gasteiger partial charge in [-0.15, -0.1) is 0 Å². The van der Waals surface area contributed by atoms with E-state index in [0.717, 1.165) is 19.1 Å². The molecule has 1 aliphatic carbocycles. The van der Waals surface area contributed by atoms with Crippen molar-refractivity contribution in [2.45, 2.75) is 25.7 Å². The summed E-state index contributed by atoms with van der Waals surface area (Å²) in [7, 11) is 0. The molecule has 3 rings (SSSR count). The Kier molecular flexibility index (Phi) is 3.62. The van der Waals surface area contributed by atoms with Crippen LogP contribution >= 0.6 is 0 Å². The van der Waals surface area contributed by atoms with Gasteiger partial charge in [-0.3, -0.25) is 4.79 Å². The van der Waals surface area contributed by atoms with Crippen molar-refractivity contribution in [3.8, 4) is 5.82 Å². The summed E-state index contributed by atoms with van der Waals surface area (Å²) in [6.07, 6.45) is 5.71. The molecule has 22 heavy (non-hydrogen) atoms. The second kappa shape index (κ2) is 5.59. The lowest BCUT2D eigenvalue weighted by Gasteiger charge is -2.09. The minimum Gasteiger partial charge on any atom is -0.462 e. The maximum absolute atomic E-state index is 11.7. The van der Waals surface area contributed by atoms with E-state index in [9.17, 15) is 9.59 Å². The van der Waals surface area contributed by atoms with Crippen molar-refractivity contribution in [1.29, 1.82) is 0 Å². The summed E-state index contributed by atoms with van der Waals surface area (Å²) < 4.78 is 6.39. The molecule has 0 saturated heterocycles. The zero-order valence-electron chi connectivity index (χ0n) is 12.2. The van der Waals surface area contributed by atoms with E-state index in [1.165, 1.54) is 17.1 Å². The molecule has 0 radical (unpaired) electrons. The maximum atomic E-state index is 11.7. The molecule has 0 aromatic carbocycles. The monoisotopic (exact) mass is 300 g/mol. The first-order valence-corrected chi connectivity index (χ1v) is 7.11. The zero-order valence-corrected chi connectivity index (χ0v) is 12.2. The highest BCUT2D eigenvalue weighted by Gasteiger charge is 2.29. The van der Waals surface area contributed by atoms with Gasteiger partial charge in [0.1, 0.15) is 0 Å². The van der Waals surface area contributed by atoms with E-state index in [1.54, 1.807) is 13.0 Å². The van der Waals surface area contributed by atoms with Crippen LogP contribution in [-0.4, -0.2) is 33.6 Å². The Labute approximate surface area is 127 Å². The molecule has 2 N–H and O–H groups in total. The molecule has 0 unspecified atom stereocenters. The third kappa shape index (κ3) is 2.57. The van der Waals surface area contributed by atoms with E-state index in [2.05, 4.69) is 10.1 Å². The Morgan fingerprint density at radius 3 is 2.95 bits per heavy atom. The van der Waals surface area contributed by atoms with Crippen LogP contribution in [0.2, 0.25) is 0 Å². The summed E-state index contributed by atoms with van der Waals surface area (Å²) in [5, 5.41) is 4.12. The van der Waals surface area contributed by atoms with Gasteiger partial charge >= 0.3 is 5.97 Å². The average Bonchev–Trinajstić information content (AvgIpc) is 3.23. The lowest BCUT2D eigenvalue weighted by atomic mass is 10.1. The van der Waals surface area contributed by atoms with Crippen molar-refractivity contribution >= 4 is 17.9 Å². The quantitative estimate of drug-likeness (QED) is 0.666. The van der Waals surface area contributed by atoms with Crippen LogP contribution in [0.3, 0.4) is 0 Å². The van der Waals surface area contributed by atoms with Crippen molar-refractivity contribution in [3.63, 3.8) is 0 Å². The molecule has 0 aliphatic heterocycles. The summed E-state index contributed by atoms with van der Waals surface area (Å²) in [5.41, 5.74) is 7.81. The minimum atomic E-state index is -0.436. The molecule has 2 aromatic heterocycles. The van der Waals surface area contributed by atoms with Gasteiger partial charge < -0.3 is 10.5 Å². The van der Waals surface area contributed by atoms with Crippen LogP contribution in [0.25, 0.3) is 5.82 Å². The SMILES string of the molecule is CCOC(=O)c1cnn(-c2cc(N)c(C=O)c(C3CC3)n2)c1. The molecular weight excluding hydrogens is 284 g/mol. The number of nitrogens with two attached hydrogens (primary N) is 1. The fourth-order valence-electron chi connectivity index (χ4n) is 2.26. The predicted molar refractivity (Wildman–Crippen MR) is 79.1 cm³/mol. The summed E-state index contributed by atoms with van der Waals surface area (Å²) in [5.74, 6) is 0.330. The number of aromatic nitrogens is 3. The Morgan fingerprint density at radius 1 is 1.55 bits per heavy atom. The van der Waals surface area contributed by atoms with Gasteiger partial charge in [-0.25, -0.2) is 14.5 Å². The second-order valence-electron chi connectivity index (χ2n) is 5.15. The van der Waals surface area contributed by atoms with Gasteiger partial charge in [-0.05, 0) is 19.8 Å². The highest BCUT2D eigenvalue weighted by Crippen LogP contribution is 2.41. The topological polar surface area (TPSA) is 100 Å². The Morgan fingerprint density at radius 2 is 2.32 bits per heavy atom. The van der Waals surface area contributed by atoms with Gasteiger partial charge in [-0.2, -0.15) is 5.10 Å². The Bertz CT molecular complexity index is 734. The first-order chi connectivity index (χ1) is 10.6. The number of rotatable bonds is 5. The van der Waals surface area contributed by atoms with Gasteiger partial charge in [0.25, 0.3) is 0 Å². The highest BCUT2D eigenvalue weighted by atomic mass is 16.5. The fourth-order valence-corrected chi connectivity index (χ4v) is 2.26. The van der Waals surface area contributed by atoms with Crippen molar-refractivity contribution in [1.82, 2.24) is 14.8 Å². The number of pyridine rings is 1. The fraction of sp³-hybridized carbons (Fsp3) is 0.333. The first kappa shape index (κ1) is 14.2. The predicted octanol–water partition coefficient (Wildman–Crippen LogP) is 1.72. The standard InChI is InChI=1S/C15H16N4O3/c1-2-22-15(21)10-6-17-19(7-10)13-5-12(16)11(8-20)14(18-13)9-3-4-9/h5-9H,2-4H2,1H3,(H2,16,18). The normalized spacial score (nSPS) is 13.9. The zero-order chi connectivity index (χ0) is 15.7. The lowest BCUT2D eigenvalue weighted by molar-refractivity contribution is 0.0526. The number of nitrogens with zero attached hydrogens (tertiary/aromatic N) is 3. The molecule has 0 atom stereocenters. The van der Waals surface area contributed by atoms with Gasteiger partial charge in [0, 0.05) is 23.9 Å². The van der Waals surface area contributed by atoms with Crippen molar-refractivity contribution in [3.05, 3.63) is 35.3 Å². The number of aldehydes is 1. The van der Waals surface area contributed by atoms with Crippen LogP contribution in [0.4, 0.5) is 5.69 Å². The minimum absolute atomic E-state index is 0.280. The number of hydrogen-bond donors (Lipinski definition) is 1. The first-order valence-electron chi connectivity index (χ1n) is 7.11. The molecule has 114 valence electrons. The molecule has 0 spiro atoms. The summed E-state index contributed by atoms with van der Waals surface area (Å²) in [6, 6.07) is 1.58. The number of ether oxygens (including phenoxy) is 1. The molecule has 1 fully saturated rings. The van der Waals surface area contributed by atoms with Crippen LogP contribution in [-0.2, 0) is 4.74 Å². The van der Waals surface area contributed by atoms with Gasteiger partial charge in [-0.1, -0.05) is 0 Å². The van der Waals surface area contributed by atoms with E-state index in [4.69, 9.17) is 10.5 Å². The summed E-state index contributed by atoms with van der Waals surface area (Å²) in [4.78, 5) is 27.4. The van der Waals surface area contributed by atoms with E-state index in [0.29, 0.717) is 34.9 Å². The third-order valence-electron chi connectivity index (χ3n) is 3.52. The van der Waals surface area contributed by atoms with Crippen molar-refractivity contribution in [2.24, 2.45) is 0 Å². The number of hydrogen-bond acceptors (Lipinski definition) is 6. The number of carbonyl (C=O) groups excluding carboxylic acids is 2. The second-order valence-corrected chi connectivity index (χ2v) is 5.15. The van der Waals surface area contributed by atoms with Gasteiger partial charge in [0.2, 0.25) is 0 Å². The molecule has 1 aliphatic rings. The molecule has 2 heterocycles. The molecular formula is C15H16N4O3. The van der Waals surface area contributed by atoms with E-state index < -0.39 is 5.97 Å². The van der Waals surface area contributed by atoms with Gasteiger partial charge in [0.05, 0.1) is 29.6 Å². The molecule has 7 nitrogen and oxygen atoms in total. The van der Waals surface area contributed by atoms with Crippen LogP contribution < -0.4 is 5.73 Å². The number of anilines is 1. The van der Waals surface area contributed by atoms with E-state index in [-0.39, 0.29) is 5.92 Å². The van der Waals surface area contributed by atoms with Gasteiger partial charge in [0.15, 0.2) is 12.1 Å². The Hall–Kier alpha value is -2.70. The van der Waals surface area contributed by atoms with E-state index in [1.807, 2.05) is 0 Å². The molecule has 1 saturated carbocycles. The van der Waals surface area contributed by atoms with Crippen LogP contribution in [0.1, 0.15) is 52.1 Å².